The van der Waals surface area contributed by atoms with Crippen LogP contribution in [0.2, 0.25) is 0 Å². The maximum absolute atomic E-state index is 12.7. The maximum atomic E-state index is 12.7. The summed E-state index contributed by atoms with van der Waals surface area (Å²) < 4.78 is 6.73. The van der Waals surface area contributed by atoms with Crippen LogP contribution in [0, 0.1) is 6.92 Å². The van der Waals surface area contributed by atoms with Crippen molar-refractivity contribution in [2.75, 3.05) is 6.61 Å². The van der Waals surface area contributed by atoms with Gasteiger partial charge in [-0.1, -0.05) is 46.3 Å². The minimum Gasteiger partial charge on any atom is -0.484 e. The van der Waals surface area contributed by atoms with Crippen molar-refractivity contribution in [3.05, 3.63) is 64.1 Å². The highest BCUT2D eigenvalue weighted by Crippen LogP contribution is 2.22. The van der Waals surface area contributed by atoms with E-state index < -0.39 is 0 Å². The SMILES string of the molecule is Cc1cc(OCC(=O)N(Cc2ccccc2)C(C)(C)C)ccc1Br. The summed E-state index contributed by atoms with van der Waals surface area (Å²) in [6.07, 6.45) is 0. The van der Waals surface area contributed by atoms with Crippen molar-refractivity contribution < 1.29 is 9.53 Å². The van der Waals surface area contributed by atoms with E-state index >= 15 is 0 Å². The van der Waals surface area contributed by atoms with Crippen LogP contribution in [0.1, 0.15) is 31.9 Å². The van der Waals surface area contributed by atoms with Crippen LogP contribution < -0.4 is 4.74 Å². The van der Waals surface area contributed by atoms with Crippen molar-refractivity contribution in [1.29, 1.82) is 0 Å². The van der Waals surface area contributed by atoms with Gasteiger partial charge in [0.1, 0.15) is 5.75 Å². The largest absolute Gasteiger partial charge is 0.484 e. The second kappa shape index (κ2) is 7.84. The molecule has 0 aromatic heterocycles. The zero-order valence-corrected chi connectivity index (χ0v) is 16.3. The van der Waals surface area contributed by atoms with E-state index in [1.807, 2.05) is 81.1 Å². The molecule has 4 heteroatoms. The molecule has 0 aliphatic rings. The van der Waals surface area contributed by atoms with E-state index in [2.05, 4.69) is 15.9 Å². The van der Waals surface area contributed by atoms with Gasteiger partial charge in [0.25, 0.3) is 5.91 Å². The minimum absolute atomic E-state index is 0.0214. The highest BCUT2D eigenvalue weighted by Gasteiger charge is 2.26. The average Bonchev–Trinajstić information content (AvgIpc) is 2.53. The highest BCUT2D eigenvalue weighted by molar-refractivity contribution is 9.10. The van der Waals surface area contributed by atoms with Crippen LogP contribution in [0.25, 0.3) is 0 Å². The van der Waals surface area contributed by atoms with Crippen molar-refractivity contribution in [2.45, 2.75) is 39.8 Å². The fourth-order valence-corrected chi connectivity index (χ4v) is 2.64. The van der Waals surface area contributed by atoms with Gasteiger partial charge in [0, 0.05) is 16.6 Å². The minimum atomic E-state index is -0.272. The molecule has 0 bridgehead atoms. The summed E-state index contributed by atoms with van der Waals surface area (Å²) >= 11 is 3.47. The zero-order valence-electron chi connectivity index (χ0n) is 14.7. The molecule has 0 fully saturated rings. The molecule has 0 heterocycles. The van der Waals surface area contributed by atoms with Gasteiger partial charge in [-0.05, 0) is 57.0 Å². The summed E-state index contributed by atoms with van der Waals surface area (Å²) in [5.41, 5.74) is 1.92. The number of aryl methyl sites for hydroxylation is 1. The molecule has 0 atom stereocenters. The summed E-state index contributed by atoms with van der Waals surface area (Å²) in [4.78, 5) is 14.6. The first kappa shape index (κ1) is 18.5. The van der Waals surface area contributed by atoms with Gasteiger partial charge in [0.05, 0.1) is 0 Å². The Kier molecular flexibility index (Phi) is 6.05. The fraction of sp³-hybridized carbons (Fsp3) is 0.350. The second-order valence-corrected chi connectivity index (χ2v) is 7.69. The van der Waals surface area contributed by atoms with Crippen LogP contribution in [0.4, 0.5) is 0 Å². The molecule has 0 unspecified atom stereocenters. The van der Waals surface area contributed by atoms with E-state index in [4.69, 9.17) is 4.74 Å². The van der Waals surface area contributed by atoms with Gasteiger partial charge in [-0.3, -0.25) is 4.79 Å². The summed E-state index contributed by atoms with van der Waals surface area (Å²) in [7, 11) is 0. The Morgan fingerprint density at radius 1 is 1.12 bits per heavy atom. The van der Waals surface area contributed by atoms with Crippen molar-refractivity contribution >= 4 is 21.8 Å². The molecule has 2 aromatic carbocycles. The Hall–Kier alpha value is -1.81. The van der Waals surface area contributed by atoms with Crippen molar-refractivity contribution in [3.63, 3.8) is 0 Å². The molecule has 128 valence electrons. The van der Waals surface area contributed by atoms with Crippen LogP contribution in [0.3, 0.4) is 0 Å². The summed E-state index contributed by atoms with van der Waals surface area (Å²) in [5, 5.41) is 0. The van der Waals surface area contributed by atoms with Crippen molar-refractivity contribution in [1.82, 2.24) is 4.90 Å². The molecule has 3 nitrogen and oxygen atoms in total. The van der Waals surface area contributed by atoms with Crippen LogP contribution >= 0.6 is 15.9 Å². The van der Waals surface area contributed by atoms with Gasteiger partial charge in [0.2, 0.25) is 0 Å². The first-order valence-corrected chi connectivity index (χ1v) is 8.80. The molecular formula is C20H24BrNO2. The lowest BCUT2D eigenvalue weighted by Gasteiger charge is -2.35. The molecule has 0 aliphatic heterocycles. The number of carbonyl (C=O) groups excluding carboxylic acids is 1. The van der Waals surface area contributed by atoms with Crippen LogP contribution in [0.15, 0.2) is 53.0 Å². The van der Waals surface area contributed by atoms with E-state index in [1.54, 1.807) is 0 Å². The number of nitrogens with zero attached hydrogens (tertiary/aromatic N) is 1. The van der Waals surface area contributed by atoms with Gasteiger partial charge in [0.15, 0.2) is 6.61 Å². The summed E-state index contributed by atoms with van der Waals surface area (Å²) in [5.74, 6) is 0.685. The Morgan fingerprint density at radius 3 is 2.38 bits per heavy atom. The number of benzene rings is 2. The summed E-state index contributed by atoms with van der Waals surface area (Å²) in [6.45, 7) is 8.72. The predicted octanol–water partition coefficient (Wildman–Crippen LogP) is 4.96. The molecule has 0 radical (unpaired) electrons. The zero-order chi connectivity index (χ0) is 17.7. The molecule has 0 aliphatic carbocycles. The van der Waals surface area contributed by atoms with Crippen molar-refractivity contribution in [3.8, 4) is 5.75 Å². The first-order valence-electron chi connectivity index (χ1n) is 8.01. The molecular weight excluding hydrogens is 366 g/mol. The molecule has 0 spiro atoms. The Bertz CT molecular complexity index is 693. The monoisotopic (exact) mass is 389 g/mol. The average molecular weight is 390 g/mol. The third kappa shape index (κ3) is 5.10. The highest BCUT2D eigenvalue weighted by atomic mass is 79.9. The van der Waals surface area contributed by atoms with Gasteiger partial charge < -0.3 is 9.64 Å². The van der Waals surface area contributed by atoms with Crippen LogP contribution in [-0.4, -0.2) is 23.0 Å². The quantitative estimate of drug-likeness (QED) is 0.722. The number of rotatable bonds is 5. The normalized spacial score (nSPS) is 11.2. The summed E-state index contributed by atoms with van der Waals surface area (Å²) in [6, 6.07) is 15.7. The lowest BCUT2D eigenvalue weighted by molar-refractivity contribution is -0.139. The molecule has 0 saturated carbocycles. The maximum Gasteiger partial charge on any atom is 0.261 e. The van der Waals surface area contributed by atoms with E-state index in [1.165, 1.54) is 0 Å². The van der Waals surface area contributed by atoms with E-state index in [-0.39, 0.29) is 18.1 Å². The van der Waals surface area contributed by atoms with Crippen LogP contribution in [-0.2, 0) is 11.3 Å². The molecule has 24 heavy (non-hydrogen) atoms. The predicted molar refractivity (Wildman–Crippen MR) is 101 cm³/mol. The Morgan fingerprint density at radius 2 is 1.79 bits per heavy atom. The van der Waals surface area contributed by atoms with E-state index in [0.717, 1.165) is 15.6 Å². The van der Waals surface area contributed by atoms with E-state index in [9.17, 15) is 4.79 Å². The third-order valence-electron chi connectivity index (χ3n) is 3.79. The second-order valence-electron chi connectivity index (χ2n) is 6.84. The molecule has 2 rings (SSSR count). The first-order chi connectivity index (χ1) is 11.3. The molecule has 0 saturated heterocycles. The van der Waals surface area contributed by atoms with E-state index in [0.29, 0.717) is 12.3 Å². The lowest BCUT2D eigenvalue weighted by Crippen LogP contribution is -2.47. The standard InChI is InChI=1S/C20H24BrNO2/c1-15-12-17(10-11-18(15)21)24-14-19(23)22(20(2,3)4)13-16-8-6-5-7-9-16/h5-12H,13-14H2,1-4H3. The number of ether oxygens (including phenoxy) is 1. The molecule has 2 aromatic rings. The topological polar surface area (TPSA) is 29.5 Å². The smallest absolute Gasteiger partial charge is 0.261 e. The number of amides is 1. The third-order valence-corrected chi connectivity index (χ3v) is 4.68. The van der Waals surface area contributed by atoms with Crippen molar-refractivity contribution in [2.24, 2.45) is 0 Å². The number of halogens is 1. The Labute approximate surface area is 152 Å². The van der Waals surface area contributed by atoms with Crippen LogP contribution in [0.5, 0.6) is 5.75 Å². The molecule has 0 N–H and O–H groups in total. The van der Waals surface area contributed by atoms with Gasteiger partial charge in [-0.25, -0.2) is 0 Å². The number of hydrogen-bond acceptors (Lipinski definition) is 2. The van der Waals surface area contributed by atoms with Gasteiger partial charge >= 0.3 is 0 Å². The lowest BCUT2D eigenvalue weighted by atomic mass is 10.0. The van der Waals surface area contributed by atoms with Gasteiger partial charge in [-0.2, -0.15) is 0 Å². The van der Waals surface area contributed by atoms with Gasteiger partial charge in [-0.15, -0.1) is 0 Å². The number of hydrogen-bond donors (Lipinski definition) is 0. The fourth-order valence-electron chi connectivity index (χ4n) is 2.40. The number of carbonyl (C=O) groups is 1. The Balaban J connectivity index is 2.06. The molecule has 1 amide bonds.